The molecule has 0 atom stereocenters. The molecule has 1 aromatic heterocycles. The van der Waals surface area contributed by atoms with E-state index >= 15 is 0 Å². The third-order valence-corrected chi connectivity index (χ3v) is 4.21. The molecular weight excluding hydrogens is 325 g/mol. The molecule has 0 N–H and O–H groups in total. The van der Waals surface area contributed by atoms with Crippen LogP contribution in [-0.4, -0.2) is 10.9 Å². The highest BCUT2D eigenvalue weighted by Crippen LogP contribution is 2.22. The van der Waals surface area contributed by atoms with Gasteiger partial charge in [-0.1, -0.05) is 0 Å². The van der Waals surface area contributed by atoms with Gasteiger partial charge in [0.2, 0.25) is 0 Å². The molecular formula is C14H14INO. The molecule has 0 saturated heterocycles. The van der Waals surface area contributed by atoms with Gasteiger partial charge in [-0.2, -0.15) is 0 Å². The second kappa shape index (κ2) is 4.64. The first kappa shape index (κ1) is 12.4. The lowest BCUT2D eigenvalue weighted by Gasteiger charge is -2.11. The first-order valence-electron chi connectivity index (χ1n) is 5.45. The fourth-order valence-electron chi connectivity index (χ4n) is 2.07. The Morgan fingerprint density at radius 3 is 2.41 bits per heavy atom. The highest BCUT2D eigenvalue weighted by molar-refractivity contribution is 14.1. The van der Waals surface area contributed by atoms with E-state index in [0.717, 1.165) is 28.9 Å². The number of nitrogens with zero attached hydrogens (tertiary/aromatic N) is 1. The third-order valence-electron chi connectivity index (χ3n) is 3.00. The van der Waals surface area contributed by atoms with Crippen molar-refractivity contribution in [1.82, 2.24) is 4.57 Å². The summed E-state index contributed by atoms with van der Waals surface area (Å²) in [7, 11) is 0. The highest BCUT2D eigenvalue weighted by atomic mass is 127. The summed E-state index contributed by atoms with van der Waals surface area (Å²) in [5, 5.41) is 0. The number of rotatable bonds is 2. The van der Waals surface area contributed by atoms with E-state index in [2.05, 4.69) is 52.3 Å². The predicted molar refractivity (Wildman–Crippen MR) is 78.1 cm³/mol. The largest absolute Gasteiger partial charge is 0.318 e. The van der Waals surface area contributed by atoms with Crippen LogP contribution in [0.1, 0.15) is 27.3 Å². The van der Waals surface area contributed by atoms with Crippen molar-refractivity contribution in [3.05, 3.63) is 50.4 Å². The van der Waals surface area contributed by atoms with Crippen LogP contribution < -0.4 is 0 Å². The molecule has 2 rings (SSSR count). The van der Waals surface area contributed by atoms with Crippen molar-refractivity contribution in [2.75, 3.05) is 0 Å². The molecule has 0 bridgehead atoms. The molecule has 2 nitrogen and oxygen atoms in total. The molecule has 0 aliphatic carbocycles. The molecule has 0 saturated carbocycles. The van der Waals surface area contributed by atoms with Gasteiger partial charge in [0, 0.05) is 26.2 Å². The summed E-state index contributed by atoms with van der Waals surface area (Å²) < 4.78 is 3.37. The summed E-state index contributed by atoms with van der Waals surface area (Å²) in [5.41, 5.74) is 5.22. The lowest BCUT2D eigenvalue weighted by atomic mass is 10.2. The quantitative estimate of drug-likeness (QED) is 0.602. The summed E-state index contributed by atoms with van der Waals surface area (Å²) in [4.78, 5) is 10.9. The van der Waals surface area contributed by atoms with E-state index in [9.17, 15) is 4.79 Å². The molecule has 2 aromatic rings. The van der Waals surface area contributed by atoms with Crippen LogP contribution in [0.5, 0.6) is 0 Å². The number of carbonyl (C=O) groups excluding carboxylic acids is 1. The number of aryl methyl sites for hydroxylation is 2. The molecule has 0 amide bonds. The molecule has 0 fully saturated rings. The van der Waals surface area contributed by atoms with Gasteiger partial charge >= 0.3 is 0 Å². The Balaban J connectivity index is 2.63. The van der Waals surface area contributed by atoms with Gasteiger partial charge in [-0.15, -0.1) is 0 Å². The van der Waals surface area contributed by atoms with Gasteiger partial charge in [-0.05, 0) is 73.2 Å². The van der Waals surface area contributed by atoms with E-state index in [1.165, 1.54) is 9.13 Å². The lowest BCUT2D eigenvalue weighted by Crippen LogP contribution is -2.00. The van der Waals surface area contributed by atoms with Crippen molar-refractivity contribution in [2.24, 2.45) is 0 Å². The van der Waals surface area contributed by atoms with Gasteiger partial charge in [-0.25, -0.2) is 0 Å². The van der Waals surface area contributed by atoms with Crippen LogP contribution in [0.15, 0.2) is 24.3 Å². The smallest absolute Gasteiger partial charge is 0.151 e. The second-order valence-corrected chi connectivity index (χ2v) is 5.38. The molecule has 1 aromatic carbocycles. The fraction of sp³-hybridized carbons (Fsp3) is 0.214. The molecule has 3 heteroatoms. The SMILES string of the molecule is Cc1cc(-n2c(C)cc(C=O)c2C)ccc1I. The number of benzene rings is 1. The summed E-state index contributed by atoms with van der Waals surface area (Å²) >= 11 is 2.32. The first-order chi connectivity index (χ1) is 8.04. The highest BCUT2D eigenvalue weighted by Gasteiger charge is 2.10. The van der Waals surface area contributed by atoms with E-state index in [4.69, 9.17) is 0 Å². The van der Waals surface area contributed by atoms with Crippen molar-refractivity contribution in [1.29, 1.82) is 0 Å². The summed E-state index contributed by atoms with van der Waals surface area (Å²) in [6.07, 6.45) is 0.915. The van der Waals surface area contributed by atoms with E-state index < -0.39 is 0 Å². The van der Waals surface area contributed by atoms with Gasteiger partial charge < -0.3 is 4.57 Å². The molecule has 17 heavy (non-hydrogen) atoms. The maximum absolute atomic E-state index is 10.9. The minimum Gasteiger partial charge on any atom is -0.318 e. The zero-order chi connectivity index (χ0) is 12.6. The number of hydrogen-bond acceptors (Lipinski definition) is 1. The monoisotopic (exact) mass is 339 g/mol. The standard InChI is InChI=1S/C14H14INO/c1-9-6-13(4-5-14(9)15)16-10(2)7-12(8-17)11(16)3/h4-8H,1-3H3. The Bertz CT molecular complexity index is 584. The lowest BCUT2D eigenvalue weighted by molar-refractivity contribution is 0.112. The maximum Gasteiger partial charge on any atom is 0.151 e. The van der Waals surface area contributed by atoms with Gasteiger partial charge in [0.15, 0.2) is 6.29 Å². The summed E-state index contributed by atoms with van der Waals surface area (Å²) in [6, 6.07) is 8.26. The average Bonchev–Trinajstić information content (AvgIpc) is 2.58. The molecule has 1 heterocycles. The molecule has 0 unspecified atom stereocenters. The number of aldehydes is 1. The summed E-state index contributed by atoms with van der Waals surface area (Å²) in [5.74, 6) is 0. The Hall–Kier alpha value is -1.10. The van der Waals surface area contributed by atoms with Crippen LogP contribution in [0.4, 0.5) is 0 Å². The predicted octanol–water partition coefficient (Wildman–Crippen LogP) is 3.82. The Labute approximate surface area is 115 Å². The van der Waals surface area contributed by atoms with Gasteiger partial charge in [-0.3, -0.25) is 4.79 Å². The third kappa shape index (κ3) is 2.16. The van der Waals surface area contributed by atoms with Gasteiger partial charge in [0.05, 0.1) is 0 Å². The van der Waals surface area contributed by atoms with Crippen molar-refractivity contribution in [3.63, 3.8) is 0 Å². The van der Waals surface area contributed by atoms with Crippen LogP contribution in [-0.2, 0) is 0 Å². The molecule has 0 aliphatic rings. The minimum absolute atomic E-state index is 0.763. The van der Waals surface area contributed by atoms with Crippen molar-refractivity contribution in [2.45, 2.75) is 20.8 Å². The van der Waals surface area contributed by atoms with Crippen molar-refractivity contribution >= 4 is 28.9 Å². The number of halogens is 1. The Kier molecular flexibility index (Phi) is 3.38. The van der Waals surface area contributed by atoms with Crippen LogP contribution in [0, 0.1) is 24.3 Å². The number of aromatic nitrogens is 1. The van der Waals surface area contributed by atoms with Crippen LogP contribution in [0.3, 0.4) is 0 Å². The van der Waals surface area contributed by atoms with Gasteiger partial charge in [0.25, 0.3) is 0 Å². The van der Waals surface area contributed by atoms with E-state index in [1.54, 1.807) is 0 Å². The average molecular weight is 339 g/mol. The fourth-order valence-corrected chi connectivity index (χ4v) is 2.41. The van der Waals surface area contributed by atoms with Crippen LogP contribution >= 0.6 is 22.6 Å². The van der Waals surface area contributed by atoms with Crippen molar-refractivity contribution in [3.8, 4) is 5.69 Å². The number of hydrogen-bond donors (Lipinski definition) is 0. The molecule has 0 spiro atoms. The topological polar surface area (TPSA) is 22.0 Å². The Morgan fingerprint density at radius 1 is 1.18 bits per heavy atom. The Morgan fingerprint density at radius 2 is 1.88 bits per heavy atom. The number of carbonyl (C=O) groups is 1. The zero-order valence-corrected chi connectivity index (χ0v) is 12.3. The molecule has 0 aliphatic heterocycles. The minimum atomic E-state index is 0.763. The normalized spacial score (nSPS) is 10.6. The van der Waals surface area contributed by atoms with Crippen molar-refractivity contribution < 1.29 is 4.79 Å². The van der Waals surface area contributed by atoms with Crippen LogP contribution in [0.2, 0.25) is 0 Å². The van der Waals surface area contributed by atoms with E-state index in [1.807, 2.05) is 19.9 Å². The van der Waals surface area contributed by atoms with E-state index in [-0.39, 0.29) is 0 Å². The van der Waals surface area contributed by atoms with Gasteiger partial charge in [0.1, 0.15) is 0 Å². The maximum atomic E-state index is 10.9. The second-order valence-electron chi connectivity index (χ2n) is 4.21. The first-order valence-corrected chi connectivity index (χ1v) is 6.53. The molecule has 0 radical (unpaired) electrons. The van der Waals surface area contributed by atoms with Crippen LogP contribution in [0.25, 0.3) is 5.69 Å². The zero-order valence-electron chi connectivity index (χ0n) is 10.1. The van der Waals surface area contributed by atoms with E-state index in [0.29, 0.717) is 0 Å². The summed E-state index contributed by atoms with van der Waals surface area (Å²) in [6.45, 7) is 6.09. The molecule has 88 valence electrons.